The minimum atomic E-state index is -2.56. The molecular formula is C19H24ClF2N3O2. The number of piperidine rings is 1. The fraction of sp³-hybridized carbons (Fsp3) is 0.579. The van der Waals surface area contributed by atoms with Crippen LogP contribution in [0.1, 0.15) is 48.6 Å². The monoisotopic (exact) mass is 399 g/mol. The summed E-state index contributed by atoms with van der Waals surface area (Å²) in [6.07, 6.45) is 2.51. The van der Waals surface area contributed by atoms with E-state index in [2.05, 4.69) is 21.1 Å². The summed E-state index contributed by atoms with van der Waals surface area (Å²) < 4.78 is 37.7. The fourth-order valence-electron chi connectivity index (χ4n) is 3.92. The van der Waals surface area contributed by atoms with Crippen LogP contribution in [0.4, 0.5) is 8.78 Å². The van der Waals surface area contributed by atoms with E-state index in [0.29, 0.717) is 16.8 Å². The predicted molar refractivity (Wildman–Crippen MR) is 101 cm³/mol. The molecule has 4 heterocycles. The normalized spacial score (nSPS) is 19.3. The van der Waals surface area contributed by atoms with Crippen molar-refractivity contribution in [2.24, 2.45) is 0 Å². The maximum atomic E-state index is 13.5. The van der Waals surface area contributed by atoms with Gasteiger partial charge in [-0.25, -0.2) is 13.8 Å². The van der Waals surface area contributed by atoms with Gasteiger partial charge in [0.2, 0.25) is 0 Å². The number of pyridine rings is 1. The van der Waals surface area contributed by atoms with Crippen LogP contribution in [-0.4, -0.2) is 47.9 Å². The zero-order valence-electron chi connectivity index (χ0n) is 15.3. The predicted octanol–water partition coefficient (Wildman–Crippen LogP) is 4.42. The number of nitrogens with zero attached hydrogens (tertiary/aromatic N) is 3. The van der Waals surface area contributed by atoms with Crippen LogP contribution < -0.4 is 0 Å². The molecule has 0 amide bonds. The molecule has 0 aromatic carbocycles. The van der Waals surface area contributed by atoms with Crippen molar-refractivity contribution < 1.29 is 18.0 Å². The van der Waals surface area contributed by atoms with Crippen molar-refractivity contribution in [3.8, 4) is 0 Å². The Morgan fingerprint density at radius 3 is 2.74 bits per heavy atom. The van der Waals surface area contributed by atoms with Crippen LogP contribution in [0.15, 0.2) is 22.2 Å². The largest absolute Gasteiger partial charge is 0.377 e. The molecule has 0 unspecified atom stereocenters. The van der Waals surface area contributed by atoms with Crippen molar-refractivity contribution in [1.29, 1.82) is 0 Å². The highest BCUT2D eigenvalue weighted by Gasteiger charge is 2.26. The maximum Gasteiger partial charge on any atom is 0.264 e. The molecule has 0 atom stereocenters. The first-order chi connectivity index (χ1) is 12.6. The van der Waals surface area contributed by atoms with Gasteiger partial charge in [-0.15, -0.1) is 12.4 Å². The molecular weight excluding hydrogens is 376 g/mol. The first kappa shape index (κ1) is 20.2. The average molecular weight is 400 g/mol. The van der Waals surface area contributed by atoms with E-state index in [4.69, 9.17) is 9.26 Å². The van der Waals surface area contributed by atoms with Crippen LogP contribution in [0.25, 0.3) is 11.1 Å². The number of halogens is 3. The van der Waals surface area contributed by atoms with Gasteiger partial charge in [0.05, 0.1) is 24.3 Å². The van der Waals surface area contributed by atoms with Crippen LogP contribution in [0, 0.1) is 6.92 Å². The SMILES string of the molecule is Cc1noc2nc(C3CCN(CC4=CCCOC4)CC3)cc(C(F)F)c12.Cl. The smallest absolute Gasteiger partial charge is 0.264 e. The van der Waals surface area contributed by atoms with E-state index in [-0.39, 0.29) is 29.6 Å². The quantitative estimate of drug-likeness (QED) is 0.712. The first-order valence-corrected chi connectivity index (χ1v) is 9.15. The number of likely N-dealkylation sites (tertiary alicyclic amines) is 1. The number of hydrogen-bond donors (Lipinski definition) is 0. The molecule has 2 aromatic heterocycles. The van der Waals surface area contributed by atoms with E-state index < -0.39 is 6.43 Å². The Balaban J connectivity index is 0.00000210. The Hall–Kier alpha value is -1.57. The minimum absolute atomic E-state index is 0. The molecule has 0 saturated carbocycles. The highest BCUT2D eigenvalue weighted by atomic mass is 35.5. The molecule has 4 rings (SSSR count). The lowest BCUT2D eigenvalue weighted by atomic mass is 9.91. The van der Waals surface area contributed by atoms with Crippen molar-refractivity contribution in [2.75, 3.05) is 32.8 Å². The van der Waals surface area contributed by atoms with Gasteiger partial charge < -0.3 is 9.26 Å². The molecule has 0 radical (unpaired) electrons. The number of alkyl halides is 2. The van der Waals surface area contributed by atoms with Gasteiger partial charge in [0.15, 0.2) is 0 Å². The molecule has 2 aliphatic rings. The molecule has 148 valence electrons. The molecule has 8 heteroatoms. The summed E-state index contributed by atoms with van der Waals surface area (Å²) in [7, 11) is 0. The lowest BCUT2D eigenvalue weighted by Gasteiger charge is -2.32. The Kier molecular flexibility index (Phi) is 6.44. The third-order valence-corrected chi connectivity index (χ3v) is 5.32. The summed E-state index contributed by atoms with van der Waals surface area (Å²) in [5.74, 6) is 0.176. The van der Waals surface area contributed by atoms with Crippen molar-refractivity contribution in [3.05, 3.63) is 34.7 Å². The van der Waals surface area contributed by atoms with Gasteiger partial charge in [0.1, 0.15) is 0 Å². The third kappa shape index (κ3) is 4.31. The van der Waals surface area contributed by atoms with Gasteiger partial charge >= 0.3 is 0 Å². The molecule has 1 fully saturated rings. The topological polar surface area (TPSA) is 51.4 Å². The van der Waals surface area contributed by atoms with Crippen molar-refractivity contribution in [3.63, 3.8) is 0 Å². The van der Waals surface area contributed by atoms with Crippen LogP contribution in [-0.2, 0) is 4.74 Å². The number of aryl methyl sites for hydroxylation is 1. The summed E-state index contributed by atoms with van der Waals surface area (Å²) in [6.45, 7) is 6.00. The lowest BCUT2D eigenvalue weighted by molar-refractivity contribution is 0.137. The van der Waals surface area contributed by atoms with Crippen LogP contribution in [0.2, 0.25) is 0 Å². The Morgan fingerprint density at radius 2 is 2.07 bits per heavy atom. The highest BCUT2D eigenvalue weighted by Crippen LogP contribution is 2.34. The van der Waals surface area contributed by atoms with E-state index in [1.54, 1.807) is 13.0 Å². The highest BCUT2D eigenvalue weighted by molar-refractivity contribution is 5.85. The molecule has 0 bridgehead atoms. The third-order valence-electron chi connectivity index (χ3n) is 5.32. The first-order valence-electron chi connectivity index (χ1n) is 9.15. The number of ether oxygens (including phenoxy) is 1. The van der Waals surface area contributed by atoms with Gasteiger partial charge in [-0.3, -0.25) is 4.90 Å². The fourth-order valence-corrected chi connectivity index (χ4v) is 3.92. The number of fused-ring (bicyclic) bond motifs is 1. The molecule has 5 nitrogen and oxygen atoms in total. The van der Waals surface area contributed by atoms with Crippen LogP contribution in [0.3, 0.4) is 0 Å². The van der Waals surface area contributed by atoms with Gasteiger partial charge in [0.25, 0.3) is 12.1 Å². The Labute approximate surface area is 163 Å². The second-order valence-electron chi connectivity index (χ2n) is 7.14. The molecule has 0 N–H and O–H groups in total. The molecule has 2 aromatic rings. The zero-order valence-corrected chi connectivity index (χ0v) is 16.1. The van der Waals surface area contributed by atoms with Crippen LogP contribution >= 0.6 is 12.4 Å². The van der Waals surface area contributed by atoms with Gasteiger partial charge in [-0.1, -0.05) is 11.2 Å². The second kappa shape index (κ2) is 8.63. The van der Waals surface area contributed by atoms with E-state index in [9.17, 15) is 8.78 Å². The number of hydrogen-bond acceptors (Lipinski definition) is 5. The summed E-state index contributed by atoms with van der Waals surface area (Å²) in [5.41, 5.74) is 2.71. The Morgan fingerprint density at radius 1 is 1.30 bits per heavy atom. The van der Waals surface area contributed by atoms with Crippen molar-refractivity contribution >= 4 is 23.5 Å². The van der Waals surface area contributed by atoms with E-state index in [1.165, 1.54) is 5.57 Å². The van der Waals surface area contributed by atoms with Crippen molar-refractivity contribution in [1.82, 2.24) is 15.0 Å². The maximum absolute atomic E-state index is 13.5. The molecule has 0 aliphatic carbocycles. The van der Waals surface area contributed by atoms with E-state index in [0.717, 1.165) is 52.1 Å². The average Bonchev–Trinajstić information content (AvgIpc) is 3.03. The Bertz CT molecular complexity index is 817. The summed E-state index contributed by atoms with van der Waals surface area (Å²) in [5, 5.41) is 4.16. The molecule has 1 saturated heterocycles. The molecule has 0 spiro atoms. The van der Waals surface area contributed by atoms with E-state index >= 15 is 0 Å². The summed E-state index contributed by atoms with van der Waals surface area (Å²) in [6, 6.07) is 1.55. The van der Waals surface area contributed by atoms with E-state index in [1.807, 2.05) is 0 Å². The second-order valence-corrected chi connectivity index (χ2v) is 7.14. The standard InChI is InChI=1S/C19H23F2N3O2.ClH/c1-12-17-15(18(20)21)9-16(22-19(17)26-23-12)14-4-6-24(7-5-14)10-13-3-2-8-25-11-13;/h3,9,14,18H,2,4-8,10-11H2,1H3;1H. The number of rotatable bonds is 4. The molecule has 2 aliphatic heterocycles. The van der Waals surface area contributed by atoms with Gasteiger partial charge in [0, 0.05) is 23.7 Å². The van der Waals surface area contributed by atoms with Gasteiger partial charge in [-0.05, 0) is 50.9 Å². The minimum Gasteiger partial charge on any atom is -0.377 e. The summed E-state index contributed by atoms with van der Waals surface area (Å²) >= 11 is 0. The number of aromatic nitrogens is 2. The zero-order chi connectivity index (χ0) is 18.1. The van der Waals surface area contributed by atoms with Crippen LogP contribution in [0.5, 0.6) is 0 Å². The molecule has 27 heavy (non-hydrogen) atoms. The van der Waals surface area contributed by atoms with Gasteiger partial charge in [-0.2, -0.15) is 0 Å². The van der Waals surface area contributed by atoms with Crippen molar-refractivity contribution in [2.45, 2.75) is 38.5 Å². The summed E-state index contributed by atoms with van der Waals surface area (Å²) in [4.78, 5) is 6.90. The lowest BCUT2D eigenvalue weighted by Crippen LogP contribution is -2.35.